The second-order valence-corrected chi connectivity index (χ2v) is 6.89. The Labute approximate surface area is 135 Å². The normalized spacial score (nSPS) is 26.8. The van der Waals surface area contributed by atoms with Crippen LogP contribution >= 0.6 is 0 Å². The van der Waals surface area contributed by atoms with Crippen molar-refractivity contribution in [3.05, 3.63) is 11.3 Å². The van der Waals surface area contributed by atoms with Crippen molar-refractivity contribution in [2.75, 3.05) is 30.3 Å². The van der Waals surface area contributed by atoms with Gasteiger partial charge in [-0.25, -0.2) is 9.78 Å². The summed E-state index contributed by atoms with van der Waals surface area (Å²) in [5, 5.41) is 9.44. The second-order valence-electron chi connectivity index (χ2n) is 6.89. The van der Waals surface area contributed by atoms with E-state index in [1.54, 1.807) is 4.90 Å². The highest BCUT2D eigenvalue weighted by molar-refractivity contribution is 5.66. The Kier molecular flexibility index (Phi) is 3.50. The zero-order chi connectivity index (χ0) is 16.0. The van der Waals surface area contributed by atoms with Crippen LogP contribution in [0.1, 0.15) is 36.9 Å². The summed E-state index contributed by atoms with van der Waals surface area (Å²) >= 11 is 0. The number of aromatic nitrogens is 2. The molecule has 4 rings (SSSR count). The maximum Gasteiger partial charge on any atom is 0.407 e. The number of nitrogens with zero attached hydrogens (tertiary/aromatic N) is 4. The van der Waals surface area contributed by atoms with Gasteiger partial charge < -0.3 is 20.6 Å². The molecule has 1 aliphatic carbocycles. The van der Waals surface area contributed by atoms with Gasteiger partial charge >= 0.3 is 6.09 Å². The molecule has 2 atom stereocenters. The van der Waals surface area contributed by atoms with E-state index >= 15 is 0 Å². The van der Waals surface area contributed by atoms with E-state index in [9.17, 15) is 9.90 Å². The first-order valence-electron chi connectivity index (χ1n) is 8.53. The first-order valence-corrected chi connectivity index (χ1v) is 8.53. The lowest BCUT2D eigenvalue weighted by molar-refractivity contribution is 0.0965. The number of amides is 1. The highest BCUT2D eigenvalue weighted by Gasteiger charge is 2.42. The predicted octanol–water partition coefficient (Wildman–Crippen LogP) is 1.52. The number of rotatable bonds is 1. The molecule has 1 aromatic heterocycles. The molecule has 2 fully saturated rings. The topological polar surface area (TPSA) is 95.6 Å². The molecule has 124 valence electrons. The zero-order valence-corrected chi connectivity index (χ0v) is 13.2. The van der Waals surface area contributed by atoms with Gasteiger partial charge in [-0.05, 0) is 44.4 Å². The first-order chi connectivity index (χ1) is 11.1. The summed E-state index contributed by atoms with van der Waals surface area (Å²) in [6, 6.07) is 0.0803. The fourth-order valence-electron chi connectivity index (χ4n) is 4.45. The number of nitrogens with two attached hydrogens (primary N) is 1. The van der Waals surface area contributed by atoms with Crippen LogP contribution in [0.3, 0.4) is 0 Å². The van der Waals surface area contributed by atoms with Crippen molar-refractivity contribution in [1.29, 1.82) is 0 Å². The van der Waals surface area contributed by atoms with Crippen molar-refractivity contribution < 1.29 is 9.90 Å². The summed E-state index contributed by atoms with van der Waals surface area (Å²) in [7, 11) is 0. The van der Waals surface area contributed by atoms with Crippen LogP contribution in [-0.4, -0.2) is 51.7 Å². The molecule has 7 nitrogen and oxygen atoms in total. The van der Waals surface area contributed by atoms with Gasteiger partial charge in [-0.1, -0.05) is 0 Å². The Morgan fingerprint density at radius 2 is 2.00 bits per heavy atom. The Bertz CT molecular complexity index is 635. The number of hydrogen-bond donors (Lipinski definition) is 2. The molecule has 7 heteroatoms. The molecule has 1 aromatic rings. The van der Waals surface area contributed by atoms with Crippen molar-refractivity contribution >= 4 is 17.9 Å². The van der Waals surface area contributed by atoms with Crippen molar-refractivity contribution in [3.8, 4) is 0 Å². The largest absolute Gasteiger partial charge is 0.465 e. The van der Waals surface area contributed by atoms with Crippen LogP contribution in [0, 0.1) is 5.92 Å². The van der Waals surface area contributed by atoms with Gasteiger partial charge in [-0.3, -0.25) is 0 Å². The van der Waals surface area contributed by atoms with Gasteiger partial charge in [0, 0.05) is 25.2 Å². The van der Waals surface area contributed by atoms with Crippen molar-refractivity contribution in [2.24, 2.45) is 5.92 Å². The van der Waals surface area contributed by atoms with Crippen LogP contribution in [0.25, 0.3) is 0 Å². The number of likely N-dealkylation sites (tertiary alicyclic amines) is 1. The van der Waals surface area contributed by atoms with E-state index in [0.29, 0.717) is 18.4 Å². The highest BCUT2D eigenvalue weighted by atomic mass is 16.4. The molecule has 0 radical (unpaired) electrons. The second kappa shape index (κ2) is 5.54. The minimum Gasteiger partial charge on any atom is -0.465 e. The summed E-state index contributed by atoms with van der Waals surface area (Å²) in [6.45, 7) is 2.24. The van der Waals surface area contributed by atoms with Crippen LogP contribution in [0.2, 0.25) is 0 Å². The van der Waals surface area contributed by atoms with E-state index in [2.05, 4.69) is 14.9 Å². The van der Waals surface area contributed by atoms with Crippen LogP contribution in [0.4, 0.5) is 16.6 Å². The SMILES string of the molecule is Nc1nc2c(c(N3C[C@H]4CCCN(C(=O)O)[C@H]4C3)n1)CCCC2. The minimum absolute atomic E-state index is 0.0803. The Hall–Kier alpha value is -2.05. The van der Waals surface area contributed by atoms with Gasteiger partial charge in [0.05, 0.1) is 11.7 Å². The number of nitrogen functional groups attached to an aromatic ring is 1. The maximum atomic E-state index is 11.5. The quantitative estimate of drug-likeness (QED) is 0.815. The number of hydrogen-bond acceptors (Lipinski definition) is 5. The fraction of sp³-hybridized carbons (Fsp3) is 0.688. The van der Waals surface area contributed by atoms with Gasteiger partial charge in [-0.15, -0.1) is 0 Å². The summed E-state index contributed by atoms with van der Waals surface area (Å²) in [5.41, 5.74) is 8.23. The summed E-state index contributed by atoms with van der Waals surface area (Å²) < 4.78 is 0. The molecule has 2 aliphatic heterocycles. The predicted molar refractivity (Wildman–Crippen MR) is 86.5 cm³/mol. The lowest BCUT2D eigenvalue weighted by atomic mass is 9.92. The third-order valence-corrected chi connectivity index (χ3v) is 5.50. The van der Waals surface area contributed by atoms with E-state index in [0.717, 1.165) is 63.1 Å². The molecule has 3 N–H and O–H groups in total. The van der Waals surface area contributed by atoms with E-state index < -0.39 is 6.09 Å². The molecule has 0 aromatic carbocycles. The summed E-state index contributed by atoms with van der Waals surface area (Å²) in [4.78, 5) is 24.3. The van der Waals surface area contributed by atoms with Crippen LogP contribution in [0.15, 0.2) is 0 Å². The van der Waals surface area contributed by atoms with Crippen molar-refractivity contribution in [1.82, 2.24) is 14.9 Å². The molecule has 3 aliphatic rings. The van der Waals surface area contributed by atoms with Crippen molar-refractivity contribution in [3.63, 3.8) is 0 Å². The molecule has 0 spiro atoms. The standard InChI is InChI=1S/C16H23N5O2/c17-15-18-12-6-2-1-5-11(12)14(19-15)20-8-10-4-3-7-21(16(22)23)13(10)9-20/h10,13H,1-9H2,(H,22,23)(H2,17,18,19)/t10-,13+/m1/s1. The maximum absolute atomic E-state index is 11.5. The minimum atomic E-state index is -0.800. The van der Waals surface area contributed by atoms with Gasteiger partial charge in [-0.2, -0.15) is 4.98 Å². The van der Waals surface area contributed by atoms with Gasteiger partial charge in [0.1, 0.15) is 5.82 Å². The molecule has 0 saturated carbocycles. The van der Waals surface area contributed by atoms with E-state index in [1.165, 1.54) is 5.56 Å². The number of fused-ring (bicyclic) bond motifs is 2. The smallest absolute Gasteiger partial charge is 0.407 e. The molecule has 2 saturated heterocycles. The average Bonchev–Trinajstić information content (AvgIpc) is 2.97. The van der Waals surface area contributed by atoms with Gasteiger partial charge in [0.25, 0.3) is 0 Å². The van der Waals surface area contributed by atoms with Crippen LogP contribution < -0.4 is 10.6 Å². The molecule has 1 amide bonds. The number of aryl methyl sites for hydroxylation is 1. The number of anilines is 2. The monoisotopic (exact) mass is 317 g/mol. The average molecular weight is 317 g/mol. The lowest BCUT2D eigenvalue weighted by Crippen LogP contribution is -2.47. The van der Waals surface area contributed by atoms with E-state index in [-0.39, 0.29) is 6.04 Å². The molecule has 3 heterocycles. The van der Waals surface area contributed by atoms with Gasteiger partial charge in [0.15, 0.2) is 0 Å². The number of piperidine rings is 1. The van der Waals surface area contributed by atoms with Gasteiger partial charge in [0.2, 0.25) is 5.95 Å². The molecule has 0 bridgehead atoms. The molecule has 0 unspecified atom stereocenters. The van der Waals surface area contributed by atoms with Crippen LogP contribution in [0.5, 0.6) is 0 Å². The van der Waals surface area contributed by atoms with E-state index in [1.807, 2.05) is 0 Å². The summed E-state index contributed by atoms with van der Waals surface area (Å²) in [6.07, 6.45) is 5.52. The fourth-order valence-corrected chi connectivity index (χ4v) is 4.45. The summed E-state index contributed by atoms with van der Waals surface area (Å²) in [5.74, 6) is 1.69. The molecule has 23 heavy (non-hydrogen) atoms. The Morgan fingerprint density at radius 1 is 1.17 bits per heavy atom. The zero-order valence-electron chi connectivity index (χ0n) is 13.2. The Morgan fingerprint density at radius 3 is 2.83 bits per heavy atom. The lowest BCUT2D eigenvalue weighted by Gasteiger charge is -2.34. The third kappa shape index (κ3) is 2.48. The van der Waals surface area contributed by atoms with E-state index in [4.69, 9.17) is 5.73 Å². The number of carbonyl (C=O) groups is 1. The first kappa shape index (κ1) is 14.5. The third-order valence-electron chi connectivity index (χ3n) is 5.50. The Balaban J connectivity index is 1.65. The molecular formula is C16H23N5O2. The highest BCUT2D eigenvalue weighted by Crippen LogP contribution is 2.36. The van der Waals surface area contributed by atoms with Crippen molar-refractivity contribution in [2.45, 2.75) is 44.6 Å². The van der Waals surface area contributed by atoms with Crippen LogP contribution in [-0.2, 0) is 12.8 Å². The molecular weight excluding hydrogens is 294 g/mol. The number of carboxylic acid groups (broad SMARTS) is 1.